The number of nitrogens with one attached hydrogen (secondary N) is 3. The molecule has 228 valence electrons. The fraction of sp³-hybridized carbons (Fsp3) is 0.500. The summed E-state index contributed by atoms with van der Waals surface area (Å²) in [5.41, 5.74) is 6.59. The lowest BCUT2D eigenvalue weighted by Gasteiger charge is -2.50. The summed E-state index contributed by atoms with van der Waals surface area (Å²) in [6.07, 6.45) is 5.54. The lowest BCUT2D eigenvalue weighted by molar-refractivity contribution is -0.139. The molecule has 0 bridgehead atoms. The first-order chi connectivity index (χ1) is 20.2. The van der Waals surface area contributed by atoms with Crippen LogP contribution in [0.3, 0.4) is 0 Å². The molecule has 1 aliphatic carbocycles. The third kappa shape index (κ3) is 8.56. The first-order valence-electron chi connectivity index (χ1n) is 14.5. The lowest BCUT2D eigenvalue weighted by atomic mass is 9.79. The molecule has 4 rings (SSSR count). The minimum Gasteiger partial charge on any atom is -0.344 e. The van der Waals surface area contributed by atoms with Crippen molar-refractivity contribution in [3.05, 3.63) is 63.9 Å². The number of urea groups is 1. The number of carbonyl (C=O) groups excluding carboxylic acids is 3. The number of hydrogen-bond donors (Lipinski definition) is 4. The Labute approximate surface area is 256 Å². The molecule has 1 saturated carbocycles. The summed E-state index contributed by atoms with van der Waals surface area (Å²) in [6.45, 7) is 2.96. The molecule has 1 saturated heterocycles. The van der Waals surface area contributed by atoms with Crippen molar-refractivity contribution in [2.75, 3.05) is 44.6 Å². The molecular weight excluding hydrogens is 582 g/mol. The van der Waals surface area contributed by atoms with E-state index < -0.39 is 6.04 Å². The van der Waals surface area contributed by atoms with Gasteiger partial charge in [-0.2, -0.15) is 0 Å². The summed E-state index contributed by atoms with van der Waals surface area (Å²) in [5.74, 6) is -0.816. The zero-order valence-electron chi connectivity index (χ0n) is 23.6. The van der Waals surface area contributed by atoms with Crippen LogP contribution in [0.15, 0.2) is 42.5 Å². The molecule has 2 fully saturated rings. The average Bonchev–Trinajstić information content (AvgIpc) is 2.98. The smallest absolute Gasteiger partial charge is 0.319 e. The Hall–Kier alpha value is -2.92. The standard InChI is InChI=1S/C30H39Cl2FN6O3/c31-22-5-4-21(25(32)19-22)18-26(37-27(40)10-13-34)28(41)38-14-16-39(17-15-38)30(11-2-1-3-12-30)20-35-29(42)36-24-8-6-23(33)7-9-24/h4-9,19,26H,1-3,10-18,20,34H2,(H,37,40)(H2,35,36,42)/t26-/m1/s1. The van der Waals surface area contributed by atoms with Gasteiger partial charge in [-0.05, 0) is 54.8 Å². The molecule has 5 N–H and O–H groups in total. The highest BCUT2D eigenvalue weighted by Gasteiger charge is 2.40. The van der Waals surface area contributed by atoms with Crippen molar-refractivity contribution in [3.63, 3.8) is 0 Å². The van der Waals surface area contributed by atoms with Crippen LogP contribution in [0.25, 0.3) is 0 Å². The van der Waals surface area contributed by atoms with Gasteiger partial charge in [0, 0.05) is 73.4 Å². The molecule has 0 radical (unpaired) electrons. The number of amides is 4. The van der Waals surface area contributed by atoms with E-state index in [0.29, 0.717) is 48.5 Å². The SMILES string of the molecule is NCCC(=O)N[C@H](Cc1ccc(Cl)cc1Cl)C(=O)N1CCN(C2(CNC(=O)Nc3ccc(F)cc3)CCCCC2)CC1. The molecular formula is C30H39Cl2FN6O3. The van der Waals surface area contributed by atoms with Gasteiger partial charge in [-0.3, -0.25) is 14.5 Å². The summed E-state index contributed by atoms with van der Waals surface area (Å²) in [6, 6.07) is 9.63. The number of piperazine rings is 1. The molecule has 9 nitrogen and oxygen atoms in total. The largest absolute Gasteiger partial charge is 0.344 e. The Kier molecular flexibility index (Phi) is 11.4. The molecule has 1 aliphatic heterocycles. The van der Waals surface area contributed by atoms with Crippen LogP contribution in [0.2, 0.25) is 10.0 Å². The number of halogens is 3. The first kappa shape index (κ1) is 32.0. The second-order valence-electron chi connectivity index (χ2n) is 11.0. The minimum atomic E-state index is -0.783. The quantitative estimate of drug-likeness (QED) is 0.318. The van der Waals surface area contributed by atoms with Crippen LogP contribution in [-0.2, 0) is 16.0 Å². The molecule has 1 atom stereocenters. The highest BCUT2D eigenvalue weighted by molar-refractivity contribution is 6.35. The van der Waals surface area contributed by atoms with Gasteiger partial charge in [-0.25, -0.2) is 9.18 Å². The Bertz CT molecular complexity index is 1230. The maximum atomic E-state index is 13.7. The number of anilines is 1. The number of hydrogen-bond acceptors (Lipinski definition) is 5. The summed E-state index contributed by atoms with van der Waals surface area (Å²) in [5, 5.41) is 9.58. The summed E-state index contributed by atoms with van der Waals surface area (Å²) in [7, 11) is 0. The molecule has 2 aliphatic rings. The summed E-state index contributed by atoms with van der Waals surface area (Å²) in [4.78, 5) is 43.0. The summed E-state index contributed by atoms with van der Waals surface area (Å²) >= 11 is 12.4. The van der Waals surface area contributed by atoms with Crippen molar-refractivity contribution in [2.45, 2.75) is 56.5 Å². The van der Waals surface area contributed by atoms with Crippen LogP contribution in [0.1, 0.15) is 44.1 Å². The van der Waals surface area contributed by atoms with Crippen molar-refractivity contribution < 1.29 is 18.8 Å². The van der Waals surface area contributed by atoms with E-state index in [1.807, 2.05) is 0 Å². The maximum absolute atomic E-state index is 13.7. The number of nitrogens with zero attached hydrogens (tertiary/aromatic N) is 2. The third-order valence-corrected chi connectivity index (χ3v) is 8.76. The minimum absolute atomic E-state index is 0.121. The van der Waals surface area contributed by atoms with E-state index in [-0.39, 0.29) is 48.6 Å². The average molecular weight is 622 g/mol. The molecule has 12 heteroatoms. The predicted molar refractivity (Wildman–Crippen MR) is 163 cm³/mol. The fourth-order valence-electron chi connectivity index (χ4n) is 5.89. The Morgan fingerprint density at radius 3 is 2.31 bits per heavy atom. The molecule has 2 aromatic carbocycles. The molecule has 2 aromatic rings. The van der Waals surface area contributed by atoms with Crippen molar-refractivity contribution in [2.24, 2.45) is 5.73 Å². The second kappa shape index (κ2) is 15.0. The predicted octanol–water partition coefficient (Wildman–Crippen LogP) is 4.18. The van der Waals surface area contributed by atoms with Gasteiger partial charge in [0.05, 0.1) is 0 Å². The van der Waals surface area contributed by atoms with Crippen LogP contribution in [0, 0.1) is 5.82 Å². The van der Waals surface area contributed by atoms with Gasteiger partial charge in [0.2, 0.25) is 11.8 Å². The van der Waals surface area contributed by atoms with Gasteiger partial charge in [-0.1, -0.05) is 48.5 Å². The Balaban J connectivity index is 1.39. The normalized spacial score (nSPS) is 17.8. The fourth-order valence-corrected chi connectivity index (χ4v) is 6.38. The monoisotopic (exact) mass is 620 g/mol. The van der Waals surface area contributed by atoms with Crippen molar-refractivity contribution in [1.82, 2.24) is 20.4 Å². The topological polar surface area (TPSA) is 120 Å². The van der Waals surface area contributed by atoms with Crippen LogP contribution in [0.5, 0.6) is 0 Å². The highest BCUT2D eigenvalue weighted by Crippen LogP contribution is 2.34. The molecule has 0 spiro atoms. The van der Waals surface area contributed by atoms with Gasteiger partial charge < -0.3 is 26.6 Å². The molecule has 4 amide bonds. The summed E-state index contributed by atoms with van der Waals surface area (Å²) < 4.78 is 13.2. The van der Waals surface area contributed by atoms with E-state index >= 15 is 0 Å². The highest BCUT2D eigenvalue weighted by atomic mass is 35.5. The van der Waals surface area contributed by atoms with Crippen LogP contribution >= 0.6 is 23.2 Å². The van der Waals surface area contributed by atoms with Gasteiger partial charge in [0.25, 0.3) is 0 Å². The van der Waals surface area contributed by atoms with E-state index in [9.17, 15) is 18.8 Å². The van der Waals surface area contributed by atoms with E-state index in [2.05, 4.69) is 20.9 Å². The molecule has 42 heavy (non-hydrogen) atoms. The Morgan fingerprint density at radius 2 is 1.67 bits per heavy atom. The number of nitrogens with two attached hydrogens (primary N) is 1. The number of carbonyl (C=O) groups is 3. The first-order valence-corrected chi connectivity index (χ1v) is 15.2. The van der Waals surface area contributed by atoms with Crippen LogP contribution in [0.4, 0.5) is 14.9 Å². The van der Waals surface area contributed by atoms with Crippen molar-refractivity contribution in [1.29, 1.82) is 0 Å². The van der Waals surface area contributed by atoms with Gasteiger partial charge in [0.15, 0.2) is 0 Å². The van der Waals surface area contributed by atoms with Crippen molar-refractivity contribution >= 4 is 46.7 Å². The third-order valence-electron chi connectivity index (χ3n) is 8.17. The van der Waals surface area contributed by atoms with Crippen LogP contribution in [-0.4, -0.2) is 78.5 Å². The maximum Gasteiger partial charge on any atom is 0.319 e. The molecule has 1 heterocycles. The van der Waals surface area contributed by atoms with Gasteiger partial charge in [0.1, 0.15) is 11.9 Å². The molecule has 0 aromatic heterocycles. The molecule has 0 unspecified atom stereocenters. The van der Waals surface area contributed by atoms with Crippen LogP contribution < -0.4 is 21.7 Å². The zero-order valence-corrected chi connectivity index (χ0v) is 25.2. The van der Waals surface area contributed by atoms with E-state index in [4.69, 9.17) is 28.9 Å². The van der Waals surface area contributed by atoms with Gasteiger partial charge in [-0.15, -0.1) is 0 Å². The second-order valence-corrected chi connectivity index (χ2v) is 11.9. The lowest BCUT2D eigenvalue weighted by Crippen LogP contribution is -2.63. The zero-order chi connectivity index (χ0) is 30.1. The van der Waals surface area contributed by atoms with Gasteiger partial charge >= 0.3 is 6.03 Å². The number of rotatable bonds is 10. The van der Waals surface area contributed by atoms with E-state index in [1.54, 1.807) is 23.1 Å². The van der Waals surface area contributed by atoms with E-state index in [1.165, 1.54) is 24.3 Å². The van der Waals surface area contributed by atoms with Crippen molar-refractivity contribution in [3.8, 4) is 0 Å². The number of benzene rings is 2. The van der Waals surface area contributed by atoms with E-state index in [0.717, 1.165) is 37.7 Å². The Morgan fingerprint density at radius 1 is 0.976 bits per heavy atom.